The van der Waals surface area contributed by atoms with Gasteiger partial charge in [0.05, 0.1) is 13.5 Å². The van der Waals surface area contributed by atoms with Gasteiger partial charge in [-0.15, -0.1) is 0 Å². The molecule has 0 atom stereocenters. The number of carbonyl (C=O) groups is 1. The van der Waals surface area contributed by atoms with Gasteiger partial charge in [0, 0.05) is 11.6 Å². The summed E-state index contributed by atoms with van der Waals surface area (Å²) >= 11 is 0. The van der Waals surface area contributed by atoms with Crippen molar-refractivity contribution in [2.75, 3.05) is 7.11 Å². The average Bonchev–Trinajstić information content (AvgIpc) is 2.22. The Labute approximate surface area is 88.7 Å². The summed E-state index contributed by atoms with van der Waals surface area (Å²) in [6, 6.07) is 0.706. The molecule has 1 heterocycles. The van der Waals surface area contributed by atoms with Crippen LogP contribution in [0.15, 0.2) is 6.07 Å². The highest BCUT2D eigenvalue weighted by molar-refractivity contribution is 5.73. The molecular formula is C9H8F3NO3. The predicted molar refractivity (Wildman–Crippen MR) is 46.5 cm³/mol. The maximum atomic E-state index is 12.8. The second kappa shape index (κ2) is 4.82. The predicted octanol–water partition coefficient (Wildman–Crippen LogP) is 1.58. The number of methoxy groups -OCH3 is 1. The minimum Gasteiger partial charge on any atom is -0.505 e. The van der Waals surface area contributed by atoms with E-state index in [1.807, 2.05) is 0 Å². The summed E-state index contributed by atoms with van der Waals surface area (Å²) in [5, 5.41) is 9.31. The molecule has 0 aliphatic carbocycles. The lowest BCUT2D eigenvalue weighted by Crippen LogP contribution is -2.07. The summed E-state index contributed by atoms with van der Waals surface area (Å²) < 4.78 is 41.7. The first-order chi connectivity index (χ1) is 7.45. The molecule has 0 saturated carbocycles. The monoisotopic (exact) mass is 235 g/mol. The van der Waals surface area contributed by atoms with E-state index in [9.17, 15) is 23.1 Å². The van der Waals surface area contributed by atoms with E-state index in [0.29, 0.717) is 6.07 Å². The standard InChI is InChI=1S/C9H8F3NO3/c1-16-6(14)3-4-2-5(10)13-7(8(4)15)9(11)12/h2,9,15H,3H2,1H3. The van der Waals surface area contributed by atoms with E-state index < -0.39 is 36.2 Å². The Balaban J connectivity index is 3.14. The lowest BCUT2D eigenvalue weighted by molar-refractivity contribution is -0.139. The van der Waals surface area contributed by atoms with Crippen LogP contribution in [0.3, 0.4) is 0 Å². The van der Waals surface area contributed by atoms with Crippen molar-refractivity contribution < 1.29 is 27.8 Å². The zero-order chi connectivity index (χ0) is 12.3. The number of aromatic nitrogens is 1. The van der Waals surface area contributed by atoms with Gasteiger partial charge in [-0.25, -0.2) is 13.8 Å². The number of alkyl halides is 2. The molecule has 1 N–H and O–H groups in total. The molecule has 0 aromatic carbocycles. The quantitative estimate of drug-likeness (QED) is 0.638. The molecule has 0 aliphatic rings. The van der Waals surface area contributed by atoms with Gasteiger partial charge < -0.3 is 9.84 Å². The van der Waals surface area contributed by atoms with Gasteiger partial charge in [-0.1, -0.05) is 0 Å². The normalized spacial score (nSPS) is 10.6. The molecular weight excluding hydrogens is 227 g/mol. The van der Waals surface area contributed by atoms with Crippen molar-refractivity contribution in [1.82, 2.24) is 4.98 Å². The van der Waals surface area contributed by atoms with Crippen LogP contribution < -0.4 is 0 Å². The third-order valence-electron chi connectivity index (χ3n) is 1.84. The highest BCUT2D eigenvalue weighted by Crippen LogP contribution is 2.30. The number of ether oxygens (including phenoxy) is 1. The van der Waals surface area contributed by atoms with Gasteiger partial charge in [-0.2, -0.15) is 4.39 Å². The fourth-order valence-electron chi connectivity index (χ4n) is 1.09. The maximum absolute atomic E-state index is 12.8. The zero-order valence-corrected chi connectivity index (χ0v) is 8.21. The Morgan fingerprint density at radius 1 is 1.62 bits per heavy atom. The summed E-state index contributed by atoms with van der Waals surface area (Å²) in [6.45, 7) is 0. The largest absolute Gasteiger partial charge is 0.505 e. The molecule has 0 radical (unpaired) electrons. The summed E-state index contributed by atoms with van der Waals surface area (Å²) in [6.07, 6.45) is -3.62. The summed E-state index contributed by atoms with van der Waals surface area (Å²) in [5.41, 5.74) is -1.37. The molecule has 4 nitrogen and oxygen atoms in total. The van der Waals surface area contributed by atoms with Crippen LogP contribution in [0.5, 0.6) is 5.75 Å². The van der Waals surface area contributed by atoms with Crippen LogP contribution >= 0.6 is 0 Å². The summed E-state index contributed by atoms with van der Waals surface area (Å²) in [7, 11) is 1.09. The van der Waals surface area contributed by atoms with E-state index in [0.717, 1.165) is 7.11 Å². The van der Waals surface area contributed by atoms with Crippen molar-refractivity contribution in [2.45, 2.75) is 12.8 Å². The van der Waals surface area contributed by atoms with Crippen LogP contribution in [0, 0.1) is 5.95 Å². The van der Waals surface area contributed by atoms with Crippen molar-refractivity contribution >= 4 is 5.97 Å². The van der Waals surface area contributed by atoms with Gasteiger partial charge in [0.2, 0.25) is 5.95 Å². The van der Waals surface area contributed by atoms with Crippen molar-refractivity contribution in [3.63, 3.8) is 0 Å². The molecule has 16 heavy (non-hydrogen) atoms. The topological polar surface area (TPSA) is 59.4 Å². The van der Waals surface area contributed by atoms with E-state index >= 15 is 0 Å². The molecule has 0 amide bonds. The Morgan fingerprint density at radius 2 is 2.25 bits per heavy atom. The van der Waals surface area contributed by atoms with E-state index in [1.165, 1.54) is 0 Å². The lowest BCUT2D eigenvalue weighted by Gasteiger charge is -2.07. The average molecular weight is 235 g/mol. The highest BCUT2D eigenvalue weighted by Gasteiger charge is 2.21. The third-order valence-corrected chi connectivity index (χ3v) is 1.84. The number of carbonyl (C=O) groups excluding carboxylic acids is 1. The van der Waals surface area contributed by atoms with Crippen LogP contribution in [0.1, 0.15) is 17.7 Å². The molecule has 0 spiro atoms. The Bertz CT molecular complexity index is 409. The Kier molecular flexibility index (Phi) is 3.70. The number of esters is 1. The number of hydrogen-bond acceptors (Lipinski definition) is 4. The van der Waals surface area contributed by atoms with Crippen LogP contribution in [0.2, 0.25) is 0 Å². The first-order valence-electron chi connectivity index (χ1n) is 4.19. The maximum Gasteiger partial charge on any atom is 0.310 e. The van der Waals surface area contributed by atoms with Crippen molar-refractivity contribution in [1.29, 1.82) is 0 Å². The van der Waals surface area contributed by atoms with Gasteiger partial charge >= 0.3 is 5.97 Å². The van der Waals surface area contributed by atoms with E-state index in [4.69, 9.17) is 0 Å². The van der Waals surface area contributed by atoms with E-state index in [1.54, 1.807) is 0 Å². The fraction of sp³-hybridized carbons (Fsp3) is 0.333. The number of hydrogen-bond donors (Lipinski definition) is 1. The number of aromatic hydroxyl groups is 1. The van der Waals surface area contributed by atoms with Crippen LogP contribution in [0.4, 0.5) is 13.2 Å². The number of rotatable bonds is 3. The van der Waals surface area contributed by atoms with Crippen LogP contribution in [0.25, 0.3) is 0 Å². The van der Waals surface area contributed by atoms with Crippen molar-refractivity contribution in [3.8, 4) is 5.75 Å². The Morgan fingerprint density at radius 3 is 2.75 bits per heavy atom. The zero-order valence-electron chi connectivity index (χ0n) is 8.21. The van der Waals surface area contributed by atoms with Gasteiger partial charge in [0.15, 0.2) is 5.69 Å². The molecule has 0 aliphatic heterocycles. The molecule has 0 saturated heterocycles. The van der Waals surface area contributed by atoms with Gasteiger partial charge in [-0.3, -0.25) is 4.79 Å². The van der Waals surface area contributed by atoms with Crippen molar-refractivity contribution in [3.05, 3.63) is 23.3 Å². The van der Waals surface area contributed by atoms with Gasteiger partial charge in [0.1, 0.15) is 5.75 Å². The number of pyridine rings is 1. The van der Waals surface area contributed by atoms with Gasteiger partial charge in [0.25, 0.3) is 6.43 Å². The van der Waals surface area contributed by atoms with E-state index in [-0.39, 0.29) is 5.56 Å². The minimum atomic E-state index is -3.12. The summed E-state index contributed by atoms with van der Waals surface area (Å²) in [4.78, 5) is 13.7. The molecule has 0 unspecified atom stereocenters. The third kappa shape index (κ3) is 2.62. The second-order valence-electron chi connectivity index (χ2n) is 2.89. The number of nitrogens with zero attached hydrogens (tertiary/aromatic N) is 1. The second-order valence-corrected chi connectivity index (χ2v) is 2.89. The first kappa shape index (κ1) is 12.3. The Hall–Kier alpha value is -1.79. The molecule has 1 aromatic heterocycles. The molecule has 0 fully saturated rings. The minimum absolute atomic E-state index is 0.283. The van der Waals surface area contributed by atoms with Crippen molar-refractivity contribution in [2.24, 2.45) is 0 Å². The van der Waals surface area contributed by atoms with Gasteiger partial charge in [-0.05, 0) is 0 Å². The lowest BCUT2D eigenvalue weighted by atomic mass is 10.1. The first-order valence-corrected chi connectivity index (χ1v) is 4.19. The fourth-order valence-corrected chi connectivity index (χ4v) is 1.09. The highest BCUT2D eigenvalue weighted by atomic mass is 19.3. The number of halogens is 3. The van der Waals surface area contributed by atoms with Crippen LogP contribution in [-0.4, -0.2) is 23.2 Å². The molecule has 1 rings (SSSR count). The summed E-state index contributed by atoms with van der Waals surface area (Å²) in [5.74, 6) is -2.85. The SMILES string of the molecule is COC(=O)Cc1cc(F)nc(C(F)F)c1O. The molecule has 88 valence electrons. The molecule has 7 heteroatoms. The molecule has 0 bridgehead atoms. The smallest absolute Gasteiger partial charge is 0.310 e. The molecule has 1 aromatic rings. The van der Waals surface area contributed by atoms with Crippen LogP contribution in [-0.2, 0) is 16.0 Å². The van der Waals surface area contributed by atoms with E-state index in [2.05, 4.69) is 9.72 Å².